The number of carbonyl (C=O) groups is 1. The molecular weight excluding hydrogens is 472 g/mol. The van der Waals surface area contributed by atoms with Gasteiger partial charge in [0.05, 0.1) is 23.2 Å². The normalized spacial score (nSPS) is 14.0. The summed E-state index contributed by atoms with van der Waals surface area (Å²) in [5.74, 6) is 0.0217. The number of amides is 1. The second kappa shape index (κ2) is 11.2. The highest BCUT2D eigenvalue weighted by molar-refractivity contribution is 7.92. The van der Waals surface area contributed by atoms with E-state index in [0.29, 0.717) is 18.0 Å². The third kappa shape index (κ3) is 5.73. The van der Waals surface area contributed by atoms with Crippen molar-refractivity contribution in [1.29, 1.82) is 0 Å². The summed E-state index contributed by atoms with van der Waals surface area (Å²) >= 11 is 0. The number of nitrogens with one attached hydrogen (secondary N) is 1. The van der Waals surface area contributed by atoms with Gasteiger partial charge in [0.25, 0.3) is 10.0 Å². The van der Waals surface area contributed by atoms with Crippen molar-refractivity contribution in [3.63, 3.8) is 0 Å². The van der Waals surface area contributed by atoms with Crippen molar-refractivity contribution < 1.29 is 17.9 Å². The molecule has 3 aromatic rings. The van der Waals surface area contributed by atoms with Crippen LogP contribution in [0.25, 0.3) is 0 Å². The number of nitrogens with zero attached hydrogens (tertiary/aromatic N) is 1. The molecule has 0 heterocycles. The fraction of sp³-hybridized carbons (Fsp3) is 0.345. The van der Waals surface area contributed by atoms with Crippen LogP contribution in [0.5, 0.6) is 5.75 Å². The van der Waals surface area contributed by atoms with Crippen LogP contribution in [0.1, 0.15) is 55.0 Å². The number of rotatable bonds is 9. The summed E-state index contributed by atoms with van der Waals surface area (Å²) in [4.78, 5) is 13.4. The summed E-state index contributed by atoms with van der Waals surface area (Å²) < 4.78 is 34.3. The SMILES string of the molecule is CCOc1ccccc1N(CC(=O)N[C@@H](C)c1ccc2c(c1)CCCC2)S(=O)(=O)c1ccc(C)cc1. The van der Waals surface area contributed by atoms with Crippen molar-refractivity contribution in [2.24, 2.45) is 0 Å². The van der Waals surface area contributed by atoms with Gasteiger partial charge >= 0.3 is 0 Å². The molecular formula is C29H34N2O4S. The van der Waals surface area contributed by atoms with Crippen molar-refractivity contribution >= 4 is 21.6 Å². The second-order valence-corrected chi connectivity index (χ2v) is 11.1. The number of sulfonamides is 1. The molecule has 4 rings (SSSR count). The molecule has 1 atom stereocenters. The first-order chi connectivity index (χ1) is 17.3. The molecule has 1 aliphatic rings. The first-order valence-electron chi connectivity index (χ1n) is 12.5. The number of anilines is 1. The Bertz CT molecular complexity index is 1320. The van der Waals surface area contributed by atoms with E-state index < -0.39 is 10.0 Å². The van der Waals surface area contributed by atoms with Gasteiger partial charge in [0, 0.05) is 0 Å². The topological polar surface area (TPSA) is 75.7 Å². The molecule has 1 N–H and O–H groups in total. The number of hydrogen-bond acceptors (Lipinski definition) is 4. The van der Waals surface area contributed by atoms with E-state index in [0.717, 1.165) is 28.3 Å². The molecule has 0 bridgehead atoms. The summed E-state index contributed by atoms with van der Waals surface area (Å²) in [5.41, 5.74) is 5.02. The molecule has 0 aromatic heterocycles. The maximum absolute atomic E-state index is 13.7. The van der Waals surface area contributed by atoms with Gasteiger partial charge in [-0.3, -0.25) is 9.10 Å². The van der Waals surface area contributed by atoms with Gasteiger partial charge in [-0.05, 0) is 87.4 Å². The Morgan fingerprint density at radius 3 is 2.42 bits per heavy atom. The van der Waals surface area contributed by atoms with Crippen LogP contribution < -0.4 is 14.4 Å². The van der Waals surface area contributed by atoms with E-state index >= 15 is 0 Å². The van der Waals surface area contributed by atoms with Gasteiger partial charge in [-0.2, -0.15) is 0 Å². The predicted molar refractivity (Wildman–Crippen MR) is 143 cm³/mol. The van der Waals surface area contributed by atoms with Crippen molar-refractivity contribution in [1.82, 2.24) is 5.32 Å². The predicted octanol–water partition coefficient (Wildman–Crippen LogP) is 5.35. The zero-order valence-electron chi connectivity index (χ0n) is 21.2. The molecule has 0 saturated carbocycles. The highest BCUT2D eigenvalue weighted by Gasteiger charge is 2.30. The zero-order valence-corrected chi connectivity index (χ0v) is 22.0. The molecule has 0 fully saturated rings. The number of para-hydroxylation sites is 2. The lowest BCUT2D eigenvalue weighted by Gasteiger charge is -2.27. The molecule has 0 radical (unpaired) electrons. The fourth-order valence-corrected chi connectivity index (χ4v) is 6.03. The van der Waals surface area contributed by atoms with Crippen molar-refractivity contribution in [2.45, 2.75) is 57.4 Å². The minimum atomic E-state index is -4.03. The molecule has 7 heteroatoms. The van der Waals surface area contributed by atoms with Crippen LogP contribution in [-0.4, -0.2) is 27.5 Å². The average molecular weight is 507 g/mol. The average Bonchev–Trinajstić information content (AvgIpc) is 2.88. The standard InChI is InChI=1S/C29H34N2O4S/c1-4-35-28-12-8-7-11-27(28)31(36(33,34)26-17-13-21(2)14-18-26)20-29(32)30-22(3)24-16-15-23-9-5-6-10-25(23)19-24/h7-8,11-19,22H,4-6,9-10,20H2,1-3H3,(H,30,32)/t22-/m0/s1. The lowest BCUT2D eigenvalue weighted by Crippen LogP contribution is -2.41. The summed E-state index contributed by atoms with van der Waals surface area (Å²) in [6.07, 6.45) is 4.55. The van der Waals surface area contributed by atoms with Crippen molar-refractivity contribution in [2.75, 3.05) is 17.5 Å². The number of carbonyl (C=O) groups excluding carboxylic acids is 1. The fourth-order valence-electron chi connectivity index (χ4n) is 4.60. The van der Waals surface area contributed by atoms with E-state index in [4.69, 9.17) is 4.74 Å². The van der Waals surface area contributed by atoms with Crippen LogP contribution in [0, 0.1) is 6.92 Å². The Balaban J connectivity index is 1.61. The highest BCUT2D eigenvalue weighted by atomic mass is 32.2. The van der Waals surface area contributed by atoms with Crippen LogP contribution in [0.4, 0.5) is 5.69 Å². The minimum absolute atomic E-state index is 0.120. The van der Waals surface area contributed by atoms with Crippen LogP contribution in [0.15, 0.2) is 71.6 Å². The largest absolute Gasteiger partial charge is 0.492 e. The number of hydrogen-bond donors (Lipinski definition) is 1. The van der Waals surface area contributed by atoms with E-state index in [-0.39, 0.29) is 23.4 Å². The van der Waals surface area contributed by atoms with Gasteiger partial charge in [-0.1, -0.05) is 48.0 Å². The quantitative estimate of drug-likeness (QED) is 0.425. The molecule has 0 saturated heterocycles. The van der Waals surface area contributed by atoms with Crippen LogP contribution in [0.3, 0.4) is 0 Å². The smallest absolute Gasteiger partial charge is 0.264 e. The maximum atomic E-state index is 13.7. The number of benzene rings is 3. The van der Waals surface area contributed by atoms with Gasteiger partial charge in [0.1, 0.15) is 12.3 Å². The summed E-state index contributed by atoms with van der Waals surface area (Å²) in [6.45, 7) is 5.67. The van der Waals surface area contributed by atoms with Gasteiger partial charge in [-0.15, -0.1) is 0 Å². The molecule has 36 heavy (non-hydrogen) atoms. The van der Waals surface area contributed by atoms with Crippen molar-refractivity contribution in [3.8, 4) is 5.75 Å². The first-order valence-corrected chi connectivity index (χ1v) is 14.0. The van der Waals surface area contributed by atoms with Crippen LogP contribution in [-0.2, 0) is 27.7 Å². The number of fused-ring (bicyclic) bond motifs is 1. The molecule has 3 aromatic carbocycles. The van der Waals surface area contributed by atoms with Crippen LogP contribution >= 0.6 is 0 Å². The number of ether oxygens (including phenoxy) is 1. The Morgan fingerprint density at radius 2 is 1.69 bits per heavy atom. The third-order valence-corrected chi connectivity index (χ3v) is 8.35. The molecule has 1 amide bonds. The van der Waals surface area contributed by atoms with E-state index in [9.17, 15) is 13.2 Å². The van der Waals surface area contributed by atoms with E-state index in [1.54, 1.807) is 48.5 Å². The monoisotopic (exact) mass is 506 g/mol. The highest BCUT2D eigenvalue weighted by Crippen LogP contribution is 2.33. The molecule has 190 valence electrons. The summed E-state index contributed by atoms with van der Waals surface area (Å²) in [6, 6.07) is 19.6. The van der Waals surface area contributed by atoms with E-state index in [2.05, 4.69) is 23.5 Å². The van der Waals surface area contributed by atoms with Gasteiger partial charge in [0.15, 0.2) is 0 Å². The molecule has 0 aliphatic heterocycles. The van der Waals surface area contributed by atoms with Gasteiger partial charge < -0.3 is 10.1 Å². The third-order valence-electron chi connectivity index (χ3n) is 6.58. The summed E-state index contributed by atoms with van der Waals surface area (Å²) in [7, 11) is -4.03. The number of aryl methyl sites for hydroxylation is 3. The Hall–Kier alpha value is -3.32. The van der Waals surface area contributed by atoms with Gasteiger partial charge in [-0.25, -0.2) is 8.42 Å². The Morgan fingerprint density at radius 1 is 1.00 bits per heavy atom. The maximum Gasteiger partial charge on any atom is 0.264 e. The summed E-state index contributed by atoms with van der Waals surface area (Å²) in [5, 5.41) is 3.00. The Kier molecular flexibility index (Phi) is 7.99. The zero-order chi connectivity index (χ0) is 25.7. The van der Waals surface area contributed by atoms with E-state index in [1.165, 1.54) is 24.0 Å². The Labute approximate surface area is 214 Å². The molecule has 1 aliphatic carbocycles. The van der Waals surface area contributed by atoms with Crippen LogP contribution in [0.2, 0.25) is 0 Å². The lowest BCUT2D eigenvalue weighted by molar-refractivity contribution is -0.120. The second-order valence-electron chi connectivity index (χ2n) is 9.25. The van der Waals surface area contributed by atoms with Gasteiger partial charge in [0.2, 0.25) is 5.91 Å². The minimum Gasteiger partial charge on any atom is -0.492 e. The molecule has 0 unspecified atom stereocenters. The molecule has 0 spiro atoms. The van der Waals surface area contributed by atoms with E-state index in [1.807, 2.05) is 20.8 Å². The molecule has 6 nitrogen and oxygen atoms in total. The first kappa shape index (κ1) is 25.8. The van der Waals surface area contributed by atoms with Crippen molar-refractivity contribution in [3.05, 3.63) is 89.0 Å². The lowest BCUT2D eigenvalue weighted by atomic mass is 9.89.